The number of hydrogen-bond donors (Lipinski definition) is 1. The molecule has 2 aromatic heterocycles. The molecule has 1 aromatic carbocycles. The van der Waals surface area contributed by atoms with Crippen LogP contribution >= 0.6 is 11.3 Å². The molecule has 1 amide bonds. The van der Waals surface area contributed by atoms with Gasteiger partial charge in [-0.05, 0) is 51.2 Å². The summed E-state index contributed by atoms with van der Waals surface area (Å²) in [5.74, 6) is -1.82. The second-order valence-electron chi connectivity index (χ2n) is 6.74. The molecule has 1 fully saturated rings. The van der Waals surface area contributed by atoms with Crippen molar-refractivity contribution < 1.29 is 18.3 Å². The van der Waals surface area contributed by atoms with Crippen LogP contribution in [0.4, 0.5) is 8.78 Å². The quantitative estimate of drug-likeness (QED) is 0.720. The van der Waals surface area contributed by atoms with E-state index >= 15 is 0 Å². The van der Waals surface area contributed by atoms with Crippen molar-refractivity contribution in [2.75, 3.05) is 20.1 Å². The van der Waals surface area contributed by atoms with Crippen molar-refractivity contribution >= 4 is 27.5 Å². The van der Waals surface area contributed by atoms with E-state index in [9.17, 15) is 13.6 Å². The van der Waals surface area contributed by atoms with E-state index in [0.717, 1.165) is 38.1 Å². The molecule has 0 unspecified atom stereocenters. The van der Waals surface area contributed by atoms with Crippen LogP contribution in [0, 0.1) is 11.6 Å². The van der Waals surface area contributed by atoms with E-state index < -0.39 is 11.6 Å². The zero-order valence-corrected chi connectivity index (χ0v) is 15.9. The summed E-state index contributed by atoms with van der Waals surface area (Å²) in [6.45, 7) is 1.91. The van der Waals surface area contributed by atoms with Crippen LogP contribution in [0.25, 0.3) is 10.2 Å². The van der Waals surface area contributed by atoms with Gasteiger partial charge in [-0.25, -0.2) is 18.7 Å². The monoisotopic (exact) mass is 404 g/mol. The highest BCUT2D eigenvalue weighted by Crippen LogP contribution is 2.32. The molecule has 0 bridgehead atoms. The van der Waals surface area contributed by atoms with Crippen molar-refractivity contribution in [2.45, 2.75) is 18.9 Å². The first-order valence-electron chi connectivity index (χ1n) is 8.86. The van der Waals surface area contributed by atoms with Gasteiger partial charge in [-0.2, -0.15) is 0 Å². The number of thiophene rings is 1. The van der Waals surface area contributed by atoms with Crippen molar-refractivity contribution in [1.82, 2.24) is 20.2 Å². The standard InChI is InChI=1S/C19H18F2N4O2S/c1-25-6-4-11(5-7-25)24-17(26)16-9-13-18(22-10-23-19(13)28-16)27-12-2-3-14(20)15(21)8-12/h2-3,8-11H,4-7H2,1H3,(H,24,26). The van der Waals surface area contributed by atoms with Gasteiger partial charge in [-0.15, -0.1) is 11.3 Å². The Bertz CT molecular complexity index is 1020. The molecule has 28 heavy (non-hydrogen) atoms. The van der Waals surface area contributed by atoms with Gasteiger partial charge in [0.1, 0.15) is 16.9 Å². The van der Waals surface area contributed by atoms with Crippen LogP contribution in [-0.4, -0.2) is 47.0 Å². The summed E-state index contributed by atoms with van der Waals surface area (Å²) in [4.78, 5) is 24.2. The maximum absolute atomic E-state index is 13.4. The molecule has 6 nitrogen and oxygen atoms in total. The molecule has 3 heterocycles. The van der Waals surface area contributed by atoms with Gasteiger partial charge in [-0.3, -0.25) is 4.79 Å². The lowest BCUT2D eigenvalue weighted by atomic mass is 10.1. The van der Waals surface area contributed by atoms with Gasteiger partial charge in [0.15, 0.2) is 11.6 Å². The Kier molecular flexibility index (Phi) is 5.19. The molecule has 1 N–H and O–H groups in total. The van der Waals surface area contributed by atoms with Crippen LogP contribution in [-0.2, 0) is 0 Å². The third kappa shape index (κ3) is 3.95. The topological polar surface area (TPSA) is 67.4 Å². The summed E-state index contributed by atoms with van der Waals surface area (Å²) >= 11 is 1.24. The molecule has 1 aliphatic heterocycles. The van der Waals surface area contributed by atoms with Crippen molar-refractivity contribution in [2.24, 2.45) is 0 Å². The number of likely N-dealkylation sites (tertiary alicyclic amines) is 1. The number of fused-ring (bicyclic) bond motifs is 1. The molecule has 0 saturated carbocycles. The number of halogens is 2. The minimum atomic E-state index is -1.01. The van der Waals surface area contributed by atoms with Gasteiger partial charge in [0.25, 0.3) is 5.91 Å². The zero-order valence-electron chi connectivity index (χ0n) is 15.1. The fourth-order valence-electron chi connectivity index (χ4n) is 3.09. The van der Waals surface area contributed by atoms with E-state index in [1.807, 2.05) is 0 Å². The molecule has 0 spiro atoms. The molecule has 9 heteroatoms. The van der Waals surface area contributed by atoms with E-state index in [0.29, 0.717) is 15.1 Å². The minimum Gasteiger partial charge on any atom is -0.438 e. The molecule has 146 valence electrons. The largest absolute Gasteiger partial charge is 0.438 e. The molecule has 0 aliphatic carbocycles. The molecule has 0 radical (unpaired) electrons. The number of amides is 1. The normalized spacial score (nSPS) is 15.7. The van der Waals surface area contributed by atoms with Gasteiger partial charge < -0.3 is 15.0 Å². The van der Waals surface area contributed by atoms with Crippen LogP contribution < -0.4 is 10.1 Å². The van der Waals surface area contributed by atoms with Crippen molar-refractivity contribution in [3.05, 3.63) is 47.1 Å². The fourth-order valence-corrected chi connectivity index (χ4v) is 3.98. The van der Waals surface area contributed by atoms with Crippen LogP contribution in [0.2, 0.25) is 0 Å². The second kappa shape index (κ2) is 7.76. The van der Waals surface area contributed by atoms with Crippen LogP contribution in [0.5, 0.6) is 11.6 Å². The molecule has 0 atom stereocenters. The average molecular weight is 404 g/mol. The van der Waals surface area contributed by atoms with E-state index in [-0.39, 0.29) is 23.6 Å². The Morgan fingerprint density at radius 3 is 2.75 bits per heavy atom. The average Bonchev–Trinajstić information content (AvgIpc) is 3.12. The Morgan fingerprint density at radius 2 is 2.00 bits per heavy atom. The number of rotatable bonds is 4. The summed E-state index contributed by atoms with van der Waals surface area (Å²) in [6.07, 6.45) is 3.14. The highest BCUT2D eigenvalue weighted by atomic mass is 32.1. The Hall–Kier alpha value is -2.65. The lowest BCUT2D eigenvalue weighted by molar-refractivity contribution is 0.0921. The van der Waals surface area contributed by atoms with E-state index in [1.54, 1.807) is 6.07 Å². The second-order valence-corrected chi connectivity index (χ2v) is 7.77. The molecule has 4 rings (SSSR count). The first kappa shape index (κ1) is 18.7. The van der Waals surface area contributed by atoms with Crippen LogP contribution in [0.3, 0.4) is 0 Å². The predicted molar refractivity (Wildman–Crippen MR) is 102 cm³/mol. The summed E-state index contributed by atoms with van der Waals surface area (Å²) < 4.78 is 32.1. The zero-order chi connectivity index (χ0) is 19.7. The number of piperidine rings is 1. The molecular weight excluding hydrogens is 386 g/mol. The minimum absolute atomic E-state index is 0.113. The predicted octanol–water partition coefficient (Wildman–Crippen LogP) is 3.59. The SMILES string of the molecule is CN1CCC(NC(=O)c2cc3c(Oc4ccc(F)c(F)c4)ncnc3s2)CC1. The van der Waals surface area contributed by atoms with Gasteiger partial charge in [0.05, 0.1) is 10.3 Å². The molecule has 1 aliphatic rings. The smallest absolute Gasteiger partial charge is 0.261 e. The molecule has 3 aromatic rings. The number of aromatic nitrogens is 2. The summed E-state index contributed by atoms with van der Waals surface area (Å²) in [5, 5.41) is 3.61. The number of benzene rings is 1. The highest BCUT2D eigenvalue weighted by molar-refractivity contribution is 7.20. The Morgan fingerprint density at radius 1 is 1.21 bits per heavy atom. The maximum Gasteiger partial charge on any atom is 0.261 e. The number of carbonyl (C=O) groups excluding carboxylic acids is 1. The van der Waals surface area contributed by atoms with Crippen molar-refractivity contribution in [3.8, 4) is 11.6 Å². The maximum atomic E-state index is 13.4. The lowest BCUT2D eigenvalue weighted by Crippen LogP contribution is -2.43. The Balaban J connectivity index is 1.54. The van der Waals surface area contributed by atoms with Crippen molar-refractivity contribution in [3.63, 3.8) is 0 Å². The summed E-state index contributed by atoms with van der Waals surface area (Å²) in [5.41, 5.74) is 0. The fraction of sp³-hybridized carbons (Fsp3) is 0.316. The summed E-state index contributed by atoms with van der Waals surface area (Å²) in [6, 6.07) is 5.06. The van der Waals surface area contributed by atoms with Crippen LogP contribution in [0.1, 0.15) is 22.5 Å². The number of ether oxygens (including phenoxy) is 1. The number of hydrogen-bond acceptors (Lipinski definition) is 6. The van der Waals surface area contributed by atoms with Gasteiger partial charge in [0.2, 0.25) is 5.88 Å². The van der Waals surface area contributed by atoms with E-state index in [4.69, 9.17) is 4.74 Å². The van der Waals surface area contributed by atoms with Gasteiger partial charge in [0, 0.05) is 12.1 Å². The third-order valence-corrected chi connectivity index (χ3v) is 5.72. The first-order valence-corrected chi connectivity index (χ1v) is 9.68. The molecule has 1 saturated heterocycles. The summed E-state index contributed by atoms with van der Waals surface area (Å²) in [7, 11) is 2.07. The number of nitrogens with one attached hydrogen (secondary N) is 1. The van der Waals surface area contributed by atoms with Gasteiger partial charge >= 0.3 is 0 Å². The lowest BCUT2D eigenvalue weighted by Gasteiger charge is -2.29. The number of carbonyl (C=O) groups is 1. The first-order chi connectivity index (χ1) is 13.5. The molecular formula is C19H18F2N4O2S. The van der Waals surface area contributed by atoms with E-state index in [1.165, 1.54) is 23.7 Å². The van der Waals surface area contributed by atoms with Crippen molar-refractivity contribution in [1.29, 1.82) is 0 Å². The van der Waals surface area contributed by atoms with Gasteiger partial charge in [-0.1, -0.05) is 0 Å². The van der Waals surface area contributed by atoms with E-state index in [2.05, 4.69) is 27.2 Å². The third-order valence-electron chi connectivity index (χ3n) is 4.68. The number of nitrogens with zero attached hydrogens (tertiary/aromatic N) is 3. The van der Waals surface area contributed by atoms with Crippen LogP contribution in [0.15, 0.2) is 30.6 Å². The highest BCUT2D eigenvalue weighted by Gasteiger charge is 2.21. The Labute approximate surface area is 164 Å².